The molecule has 1 aliphatic rings. The molecule has 2 aromatic rings. The normalized spacial score (nSPS) is 13.0. The van der Waals surface area contributed by atoms with E-state index in [1.807, 2.05) is 36.4 Å². The SMILES string of the molecule is CC(C)NC(=S)N(C/C=C/c1ccccc1)c1ccc2c(c1)OCCO2. The smallest absolute Gasteiger partial charge is 0.173 e. The van der Waals surface area contributed by atoms with Gasteiger partial charge in [0.05, 0.1) is 0 Å². The maximum Gasteiger partial charge on any atom is 0.173 e. The molecule has 26 heavy (non-hydrogen) atoms. The number of ether oxygens (including phenoxy) is 2. The van der Waals surface area contributed by atoms with Crippen molar-refractivity contribution in [1.82, 2.24) is 5.32 Å². The van der Waals surface area contributed by atoms with E-state index in [0.29, 0.717) is 24.9 Å². The zero-order valence-electron chi connectivity index (χ0n) is 15.1. The van der Waals surface area contributed by atoms with E-state index in [0.717, 1.165) is 22.7 Å². The molecule has 0 atom stereocenters. The zero-order chi connectivity index (χ0) is 18.4. The molecule has 4 nitrogen and oxygen atoms in total. The second-order valence-electron chi connectivity index (χ2n) is 6.36. The third-order valence-corrected chi connectivity index (χ3v) is 4.23. The molecular weight excluding hydrogens is 344 g/mol. The van der Waals surface area contributed by atoms with Crippen molar-refractivity contribution < 1.29 is 9.47 Å². The van der Waals surface area contributed by atoms with Crippen LogP contribution in [0.3, 0.4) is 0 Å². The van der Waals surface area contributed by atoms with Crippen LogP contribution in [-0.4, -0.2) is 30.9 Å². The van der Waals surface area contributed by atoms with Crippen LogP contribution in [-0.2, 0) is 0 Å². The summed E-state index contributed by atoms with van der Waals surface area (Å²) < 4.78 is 11.3. The van der Waals surface area contributed by atoms with Crippen LogP contribution in [0.25, 0.3) is 6.08 Å². The van der Waals surface area contributed by atoms with E-state index >= 15 is 0 Å². The van der Waals surface area contributed by atoms with Crippen LogP contribution >= 0.6 is 12.2 Å². The minimum atomic E-state index is 0.264. The Bertz CT molecular complexity index is 775. The molecule has 136 valence electrons. The second-order valence-corrected chi connectivity index (χ2v) is 6.74. The van der Waals surface area contributed by atoms with E-state index in [1.165, 1.54) is 0 Å². The van der Waals surface area contributed by atoms with Crippen molar-refractivity contribution in [2.75, 3.05) is 24.7 Å². The Balaban J connectivity index is 1.81. The molecule has 1 aliphatic heterocycles. The first kappa shape index (κ1) is 18.3. The molecule has 0 saturated carbocycles. The highest BCUT2D eigenvalue weighted by Gasteiger charge is 2.17. The predicted molar refractivity (Wildman–Crippen MR) is 111 cm³/mol. The van der Waals surface area contributed by atoms with Crippen molar-refractivity contribution in [3.05, 3.63) is 60.2 Å². The molecule has 1 heterocycles. The lowest BCUT2D eigenvalue weighted by molar-refractivity contribution is 0.171. The van der Waals surface area contributed by atoms with Crippen molar-refractivity contribution in [2.24, 2.45) is 0 Å². The Morgan fingerprint density at radius 2 is 1.85 bits per heavy atom. The van der Waals surface area contributed by atoms with E-state index in [4.69, 9.17) is 21.7 Å². The Labute approximate surface area is 160 Å². The molecule has 0 unspecified atom stereocenters. The van der Waals surface area contributed by atoms with E-state index < -0.39 is 0 Å². The van der Waals surface area contributed by atoms with Crippen molar-refractivity contribution in [1.29, 1.82) is 0 Å². The van der Waals surface area contributed by atoms with Gasteiger partial charge < -0.3 is 19.7 Å². The van der Waals surface area contributed by atoms with Gasteiger partial charge in [-0.05, 0) is 43.8 Å². The lowest BCUT2D eigenvalue weighted by atomic mass is 10.2. The molecule has 0 saturated heterocycles. The molecular formula is C21H24N2O2S. The summed E-state index contributed by atoms with van der Waals surface area (Å²) in [5, 5.41) is 4.01. The summed E-state index contributed by atoms with van der Waals surface area (Å²) in [5.74, 6) is 1.54. The van der Waals surface area contributed by atoms with E-state index in [9.17, 15) is 0 Å². The first-order valence-corrected chi connectivity index (χ1v) is 9.23. The number of anilines is 1. The number of hydrogen-bond donors (Lipinski definition) is 1. The van der Waals surface area contributed by atoms with Crippen LogP contribution in [0.15, 0.2) is 54.6 Å². The average molecular weight is 369 g/mol. The van der Waals surface area contributed by atoms with Gasteiger partial charge in [0, 0.05) is 24.3 Å². The number of thiocarbonyl (C=S) groups is 1. The average Bonchev–Trinajstić information content (AvgIpc) is 2.65. The number of benzene rings is 2. The molecule has 5 heteroatoms. The lowest BCUT2D eigenvalue weighted by Gasteiger charge is -2.28. The topological polar surface area (TPSA) is 33.7 Å². The standard InChI is InChI=1S/C21H24N2O2S/c1-16(2)22-21(26)23(12-6-9-17-7-4-3-5-8-17)18-10-11-19-20(15-18)25-14-13-24-19/h3-11,15-16H,12-14H2,1-2H3,(H,22,26)/b9-6+. The van der Waals surface area contributed by atoms with Gasteiger partial charge >= 0.3 is 0 Å². The van der Waals surface area contributed by atoms with Gasteiger partial charge in [-0.25, -0.2) is 0 Å². The van der Waals surface area contributed by atoms with Crippen LogP contribution in [0, 0.1) is 0 Å². The number of rotatable bonds is 5. The summed E-state index contributed by atoms with van der Waals surface area (Å²) in [6.07, 6.45) is 4.21. The van der Waals surface area contributed by atoms with Crippen LogP contribution < -0.4 is 19.7 Å². The van der Waals surface area contributed by atoms with Gasteiger partial charge in [0.15, 0.2) is 16.6 Å². The number of nitrogens with one attached hydrogen (secondary N) is 1. The summed E-state index contributed by atoms with van der Waals surface area (Å²) in [4.78, 5) is 2.06. The lowest BCUT2D eigenvalue weighted by Crippen LogP contribution is -2.43. The molecule has 0 bridgehead atoms. The Hall–Kier alpha value is -2.53. The van der Waals surface area contributed by atoms with Crippen LogP contribution in [0.2, 0.25) is 0 Å². The summed E-state index contributed by atoms with van der Waals surface area (Å²) in [5.41, 5.74) is 2.14. The van der Waals surface area contributed by atoms with Gasteiger partial charge in [-0.15, -0.1) is 0 Å². The van der Waals surface area contributed by atoms with Crippen LogP contribution in [0.4, 0.5) is 5.69 Å². The largest absolute Gasteiger partial charge is 0.486 e. The fraction of sp³-hybridized carbons (Fsp3) is 0.286. The summed E-state index contributed by atoms with van der Waals surface area (Å²) in [6.45, 7) is 5.97. The summed E-state index contributed by atoms with van der Waals surface area (Å²) in [6, 6.07) is 16.4. The van der Waals surface area contributed by atoms with Gasteiger partial charge in [0.25, 0.3) is 0 Å². The molecule has 0 aliphatic carbocycles. The Morgan fingerprint density at radius 3 is 2.58 bits per heavy atom. The number of hydrogen-bond acceptors (Lipinski definition) is 3. The second kappa shape index (κ2) is 8.72. The quantitative estimate of drug-likeness (QED) is 0.798. The van der Waals surface area contributed by atoms with Gasteiger partial charge in [-0.2, -0.15) is 0 Å². The van der Waals surface area contributed by atoms with Crippen molar-refractivity contribution >= 4 is 29.1 Å². The zero-order valence-corrected chi connectivity index (χ0v) is 16.0. The molecule has 0 amide bonds. The monoisotopic (exact) mass is 368 g/mol. The third-order valence-electron chi connectivity index (χ3n) is 3.89. The third kappa shape index (κ3) is 4.76. The molecule has 3 rings (SSSR count). The maximum atomic E-state index is 5.72. The molecule has 0 fully saturated rings. The van der Waals surface area contributed by atoms with Gasteiger partial charge in [0.2, 0.25) is 0 Å². The Morgan fingerprint density at radius 1 is 1.12 bits per heavy atom. The molecule has 2 aromatic carbocycles. The molecule has 0 aromatic heterocycles. The minimum absolute atomic E-state index is 0.264. The van der Waals surface area contributed by atoms with Gasteiger partial charge in [-0.3, -0.25) is 0 Å². The first-order chi connectivity index (χ1) is 12.6. The highest BCUT2D eigenvalue weighted by Crippen LogP contribution is 2.34. The fourth-order valence-corrected chi connectivity index (χ4v) is 3.10. The van der Waals surface area contributed by atoms with E-state index in [-0.39, 0.29) is 6.04 Å². The number of fused-ring (bicyclic) bond motifs is 1. The summed E-state index contributed by atoms with van der Waals surface area (Å²) in [7, 11) is 0. The molecule has 0 radical (unpaired) electrons. The van der Waals surface area contributed by atoms with E-state index in [1.54, 1.807) is 0 Å². The van der Waals surface area contributed by atoms with Crippen LogP contribution in [0.5, 0.6) is 11.5 Å². The summed E-state index contributed by atoms with van der Waals surface area (Å²) >= 11 is 5.63. The highest BCUT2D eigenvalue weighted by molar-refractivity contribution is 7.80. The minimum Gasteiger partial charge on any atom is -0.486 e. The fourth-order valence-electron chi connectivity index (χ4n) is 2.69. The molecule has 0 spiro atoms. The van der Waals surface area contributed by atoms with Gasteiger partial charge in [-0.1, -0.05) is 42.5 Å². The van der Waals surface area contributed by atoms with Crippen LogP contribution in [0.1, 0.15) is 19.4 Å². The predicted octanol–water partition coefficient (Wildman–Crippen LogP) is 4.26. The van der Waals surface area contributed by atoms with Crippen molar-refractivity contribution in [3.8, 4) is 11.5 Å². The number of nitrogens with zero attached hydrogens (tertiary/aromatic N) is 1. The van der Waals surface area contributed by atoms with Crippen molar-refractivity contribution in [3.63, 3.8) is 0 Å². The van der Waals surface area contributed by atoms with E-state index in [2.05, 4.69) is 48.3 Å². The highest BCUT2D eigenvalue weighted by atomic mass is 32.1. The first-order valence-electron chi connectivity index (χ1n) is 8.83. The van der Waals surface area contributed by atoms with Gasteiger partial charge in [0.1, 0.15) is 13.2 Å². The maximum absolute atomic E-state index is 5.72. The van der Waals surface area contributed by atoms with Crippen molar-refractivity contribution in [2.45, 2.75) is 19.9 Å². The molecule has 1 N–H and O–H groups in total. The Kier molecular flexibility index (Phi) is 6.12.